The van der Waals surface area contributed by atoms with E-state index in [2.05, 4.69) is 9.47 Å². The molecule has 0 aromatic heterocycles. The molecule has 5 nitrogen and oxygen atoms in total. The molecule has 0 aromatic rings. The summed E-state index contributed by atoms with van der Waals surface area (Å²) < 4.78 is 9.02. The van der Waals surface area contributed by atoms with E-state index in [1.807, 2.05) is 0 Å². The second-order valence-electron chi connectivity index (χ2n) is 2.95. The van der Waals surface area contributed by atoms with Crippen molar-refractivity contribution in [3.8, 4) is 0 Å². The number of carbonyl (C=O) groups is 3. The minimum atomic E-state index is -0.513. The van der Waals surface area contributed by atoms with E-state index in [1.54, 1.807) is 6.92 Å². The highest BCUT2D eigenvalue weighted by atomic mass is 16.5. The largest absolute Gasteiger partial charge is 0.469 e. The highest BCUT2D eigenvalue weighted by molar-refractivity contribution is 5.95. The van der Waals surface area contributed by atoms with Crippen LogP contribution in [0.25, 0.3) is 0 Å². The lowest BCUT2D eigenvalue weighted by Gasteiger charge is -2.01. The molecule has 0 aliphatic rings. The van der Waals surface area contributed by atoms with E-state index >= 15 is 0 Å². The van der Waals surface area contributed by atoms with Gasteiger partial charge in [0, 0.05) is 12.8 Å². The SMILES string of the molecule is CCOC(=O)CC(=O)CCCC(=O)OC. The van der Waals surface area contributed by atoms with Crippen LogP contribution >= 0.6 is 0 Å². The third-order valence-electron chi connectivity index (χ3n) is 1.71. The average Bonchev–Trinajstić information content (AvgIpc) is 2.17. The third kappa shape index (κ3) is 7.66. The summed E-state index contributed by atoms with van der Waals surface area (Å²) in [4.78, 5) is 32.7. The number of esters is 2. The molecule has 0 N–H and O–H groups in total. The molecule has 0 radical (unpaired) electrons. The van der Waals surface area contributed by atoms with Gasteiger partial charge in [0.05, 0.1) is 13.7 Å². The van der Waals surface area contributed by atoms with Crippen LogP contribution in [0.3, 0.4) is 0 Å². The molecule has 15 heavy (non-hydrogen) atoms. The monoisotopic (exact) mass is 216 g/mol. The van der Waals surface area contributed by atoms with Crippen LogP contribution in [0, 0.1) is 0 Å². The van der Waals surface area contributed by atoms with Crippen molar-refractivity contribution in [1.82, 2.24) is 0 Å². The van der Waals surface area contributed by atoms with Crippen LogP contribution in [-0.2, 0) is 23.9 Å². The smallest absolute Gasteiger partial charge is 0.313 e. The lowest BCUT2D eigenvalue weighted by atomic mass is 10.1. The fraction of sp³-hybridized carbons (Fsp3) is 0.700. The number of hydrogen-bond donors (Lipinski definition) is 0. The summed E-state index contributed by atoms with van der Waals surface area (Å²) in [5, 5.41) is 0. The van der Waals surface area contributed by atoms with Crippen molar-refractivity contribution in [3.63, 3.8) is 0 Å². The molecule has 0 saturated heterocycles. The van der Waals surface area contributed by atoms with Gasteiger partial charge in [-0.2, -0.15) is 0 Å². The van der Waals surface area contributed by atoms with Crippen molar-refractivity contribution in [1.29, 1.82) is 0 Å². The van der Waals surface area contributed by atoms with Crippen LogP contribution in [0.1, 0.15) is 32.6 Å². The number of ketones is 1. The fourth-order valence-electron chi connectivity index (χ4n) is 0.993. The summed E-state index contributed by atoms with van der Waals surface area (Å²) in [5.41, 5.74) is 0. The van der Waals surface area contributed by atoms with Crippen LogP contribution in [0.2, 0.25) is 0 Å². The first-order chi connectivity index (χ1) is 7.10. The Kier molecular flexibility index (Phi) is 7.23. The maximum atomic E-state index is 11.1. The zero-order valence-corrected chi connectivity index (χ0v) is 9.08. The van der Waals surface area contributed by atoms with Gasteiger partial charge in [0.2, 0.25) is 0 Å². The van der Waals surface area contributed by atoms with Crippen molar-refractivity contribution in [2.75, 3.05) is 13.7 Å². The molecule has 0 saturated carbocycles. The van der Waals surface area contributed by atoms with Crippen LogP contribution in [0.5, 0.6) is 0 Å². The van der Waals surface area contributed by atoms with Crippen molar-refractivity contribution >= 4 is 17.7 Å². The van der Waals surface area contributed by atoms with Gasteiger partial charge >= 0.3 is 11.9 Å². The molecule has 0 aliphatic heterocycles. The first-order valence-electron chi connectivity index (χ1n) is 4.84. The standard InChI is InChI=1S/C10H16O5/c1-3-15-10(13)7-8(11)5-4-6-9(12)14-2/h3-7H2,1-2H3. The zero-order chi connectivity index (χ0) is 11.7. The van der Waals surface area contributed by atoms with Crippen LogP contribution in [0.15, 0.2) is 0 Å². The molecule has 0 fully saturated rings. The van der Waals surface area contributed by atoms with Gasteiger partial charge in [0.25, 0.3) is 0 Å². The summed E-state index contributed by atoms with van der Waals surface area (Å²) in [5.74, 6) is -1.07. The number of ether oxygens (including phenoxy) is 2. The van der Waals surface area contributed by atoms with E-state index in [9.17, 15) is 14.4 Å². The van der Waals surface area contributed by atoms with E-state index in [-0.39, 0.29) is 37.6 Å². The Labute approximate surface area is 88.7 Å². The summed E-state index contributed by atoms with van der Waals surface area (Å²) in [6.45, 7) is 1.95. The number of hydrogen-bond acceptors (Lipinski definition) is 5. The molecule has 0 rings (SSSR count). The predicted molar refractivity (Wildman–Crippen MR) is 52.1 cm³/mol. The summed E-state index contributed by atoms with van der Waals surface area (Å²) in [6, 6.07) is 0. The third-order valence-corrected chi connectivity index (χ3v) is 1.71. The van der Waals surface area contributed by atoms with Crippen molar-refractivity contribution in [2.24, 2.45) is 0 Å². The van der Waals surface area contributed by atoms with Gasteiger partial charge in [0.1, 0.15) is 12.2 Å². The van der Waals surface area contributed by atoms with Gasteiger partial charge in [-0.1, -0.05) is 0 Å². The Morgan fingerprint density at radius 3 is 2.27 bits per heavy atom. The molecule has 0 atom stereocenters. The molecule has 0 unspecified atom stereocenters. The second-order valence-corrected chi connectivity index (χ2v) is 2.95. The molecule has 0 heterocycles. The Hall–Kier alpha value is -1.39. The molecule has 0 spiro atoms. The predicted octanol–water partition coefficient (Wildman–Crippen LogP) is 0.852. The number of methoxy groups -OCH3 is 1. The van der Waals surface area contributed by atoms with E-state index in [4.69, 9.17) is 0 Å². The zero-order valence-electron chi connectivity index (χ0n) is 9.08. The average molecular weight is 216 g/mol. The molecular formula is C10H16O5. The summed E-state index contributed by atoms with van der Waals surface area (Å²) >= 11 is 0. The van der Waals surface area contributed by atoms with Gasteiger partial charge in [-0.05, 0) is 13.3 Å². The summed E-state index contributed by atoms with van der Waals surface area (Å²) in [6.07, 6.45) is 0.596. The van der Waals surface area contributed by atoms with Gasteiger partial charge < -0.3 is 9.47 Å². The van der Waals surface area contributed by atoms with Crippen molar-refractivity contribution in [3.05, 3.63) is 0 Å². The van der Waals surface area contributed by atoms with E-state index in [0.717, 1.165) is 0 Å². The molecule has 5 heteroatoms. The van der Waals surface area contributed by atoms with Crippen LogP contribution in [0.4, 0.5) is 0 Å². The van der Waals surface area contributed by atoms with Gasteiger partial charge in [-0.3, -0.25) is 14.4 Å². The van der Waals surface area contributed by atoms with E-state index in [0.29, 0.717) is 6.42 Å². The normalized spacial score (nSPS) is 9.47. The van der Waals surface area contributed by atoms with Crippen molar-refractivity contribution in [2.45, 2.75) is 32.6 Å². The number of Topliss-reactive ketones (excluding diaryl/α,β-unsaturated/α-hetero) is 1. The Morgan fingerprint density at radius 2 is 1.73 bits per heavy atom. The first-order valence-corrected chi connectivity index (χ1v) is 4.84. The second kappa shape index (κ2) is 7.96. The van der Waals surface area contributed by atoms with Gasteiger partial charge in [0.15, 0.2) is 0 Å². The van der Waals surface area contributed by atoms with Crippen molar-refractivity contribution < 1.29 is 23.9 Å². The maximum absolute atomic E-state index is 11.1. The van der Waals surface area contributed by atoms with Gasteiger partial charge in [-0.15, -0.1) is 0 Å². The van der Waals surface area contributed by atoms with Crippen LogP contribution in [-0.4, -0.2) is 31.4 Å². The maximum Gasteiger partial charge on any atom is 0.313 e. The molecule has 0 aliphatic carbocycles. The minimum Gasteiger partial charge on any atom is -0.469 e. The summed E-state index contributed by atoms with van der Waals surface area (Å²) in [7, 11) is 1.29. The molecule has 0 amide bonds. The van der Waals surface area contributed by atoms with E-state index < -0.39 is 5.97 Å². The highest BCUT2D eigenvalue weighted by Gasteiger charge is 2.10. The molecular weight excluding hydrogens is 200 g/mol. The van der Waals surface area contributed by atoms with Gasteiger partial charge in [-0.25, -0.2) is 0 Å². The molecule has 0 aromatic carbocycles. The Morgan fingerprint density at radius 1 is 1.07 bits per heavy atom. The number of carbonyl (C=O) groups excluding carboxylic acids is 3. The topological polar surface area (TPSA) is 69.7 Å². The molecule has 0 bridgehead atoms. The Bertz CT molecular complexity index is 234. The Balaban J connectivity index is 3.57. The minimum absolute atomic E-state index is 0.199. The lowest BCUT2D eigenvalue weighted by Crippen LogP contribution is -2.11. The van der Waals surface area contributed by atoms with Crippen LogP contribution < -0.4 is 0 Å². The lowest BCUT2D eigenvalue weighted by molar-refractivity contribution is -0.145. The van der Waals surface area contributed by atoms with E-state index in [1.165, 1.54) is 7.11 Å². The fourth-order valence-corrected chi connectivity index (χ4v) is 0.993. The first kappa shape index (κ1) is 13.6. The number of rotatable bonds is 7. The highest BCUT2D eigenvalue weighted by Crippen LogP contribution is 2.01. The molecule has 86 valence electrons. The quantitative estimate of drug-likeness (QED) is 0.466.